The zero-order valence-corrected chi connectivity index (χ0v) is 20.0. The molecule has 33 heavy (non-hydrogen) atoms. The van der Waals surface area contributed by atoms with E-state index in [1.165, 1.54) is 26.2 Å². The van der Waals surface area contributed by atoms with E-state index in [1.807, 2.05) is 0 Å². The van der Waals surface area contributed by atoms with Crippen molar-refractivity contribution in [1.82, 2.24) is 14.9 Å². The number of aromatic nitrogens is 2. The summed E-state index contributed by atoms with van der Waals surface area (Å²) >= 11 is 2.90. The van der Waals surface area contributed by atoms with E-state index >= 15 is 4.39 Å². The number of alkyl halides is 1. The van der Waals surface area contributed by atoms with E-state index in [0.717, 1.165) is 19.4 Å². The molecule has 180 valence electrons. The van der Waals surface area contributed by atoms with Crippen LogP contribution in [0.2, 0.25) is 0 Å². The number of halogens is 4. The Bertz CT molecular complexity index is 1090. The van der Waals surface area contributed by atoms with Gasteiger partial charge in [-0.25, -0.2) is 13.2 Å². The molecule has 1 aromatic heterocycles. The molecule has 0 amide bonds. The minimum absolute atomic E-state index is 0.0260. The van der Waals surface area contributed by atoms with E-state index in [-0.39, 0.29) is 41.6 Å². The van der Waals surface area contributed by atoms with Gasteiger partial charge in [-0.2, -0.15) is 9.97 Å². The summed E-state index contributed by atoms with van der Waals surface area (Å²) in [5.41, 5.74) is -0.706. The quantitative estimate of drug-likeness (QED) is 0.397. The van der Waals surface area contributed by atoms with Crippen molar-refractivity contribution in [3.05, 3.63) is 16.1 Å². The standard InChI is InChI=1S/C21H24BrF3N4O4/c1-28(9-12(30)31-2)19-13-17(15(24)14(22)16(25)18(13)32-3)26-20(27-19)33-10-21-5-4-6-29(21)8-11(23)7-21/h11H,4-10H2,1-3H3/t11-,21+/m1/s1. The van der Waals surface area contributed by atoms with Gasteiger partial charge in [0, 0.05) is 20.0 Å². The monoisotopic (exact) mass is 532 g/mol. The van der Waals surface area contributed by atoms with Crippen LogP contribution in [0.15, 0.2) is 4.47 Å². The molecule has 0 radical (unpaired) electrons. The summed E-state index contributed by atoms with van der Waals surface area (Å²) < 4.78 is 59.2. The lowest BCUT2D eigenvalue weighted by Gasteiger charge is -2.31. The summed E-state index contributed by atoms with van der Waals surface area (Å²) in [4.78, 5) is 23.8. The van der Waals surface area contributed by atoms with Gasteiger partial charge >= 0.3 is 12.0 Å². The lowest BCUT2D eigenvalue weighted by Crippen LogP contribution is -2.43. The van der Waals surface area contributed by atoms with Gasteiger partial charge in [0.2, 0.25) is 0 Å². The molecular formula is C21H24BrF3N4O4. The number of rotatable bonds is 7. The van der Waals surface area contributed by atoms with Crippen LogP contribution in [-0.4, -0.2) is 80.1 Å². The van der Waals surface area contributed by atoms with Crippen LogP contribution >= 0.6 is 15.9 Å². The first-order valence-corrected chi connectivity index (χ1v) is 11.2. The average Bonchev–Trinajstić information content (AvgIpc) is 3.31. The molecule has 12 heteroatoms. The van der Waals surface area contributed by atoms with Gasteiger partial charge < -0.3 is 19.1 Å². The van der Waals surface area contributed by atoms with E-state index < -0.39 is 33.8 Å². The third kappa shape index (κ3) is 4.18. The van der Waals surface area contributed by atoms with E-state index in [2.05, 4.69) is 30.8 Å². The van der Waals surface area contributed by atoms with Gasteiger partial charge in [0.25, 0.3) is 0 Å². The van der Waals surface area contributed by atoms with Gasteiger partial charge in [-0.15, -0.1) is 0 Å². The Kier molecular flexibility index (Phi) is 6.59. The number of nitrogens with zero attached hydrogens (tertiary/aromatic N) is 4. The normalized spacial score (nSPS) is 22.5. The van der Waals surface area contributed by atoms with Crippen molar-refractivity contribution in [2.24, 2.45) is 0 Å². The molecule has 0 aliphatic carbocycles. The molecule has 2 saturated heterocycles. The molecule has 3 heterocycles. The van der Waals surface area contributed by atoms with E-state index in [1.54, 1.807) is 0 Å². The molecule has 2 fully saturated rings. The van der Waals surface area contributed by atoms with Crippen LogP contribution in [0, 0.1) is 11.6 Å². The van der Waals surface area contributed by atoms with Gasteiger partial charge in [0.05, 0.1) is 29.6 Å². The van der Waals surface area contributed by atoms with Crippen molar-refractivity contribution in [3.8, 4) is 11.8 Å². The Morgan fingerprint density at radius 3 is 2.76 bits per heavy atom. The summed E-state index contributed by atoms with van der Waals surface area (Å²) in [6.45, 7) is 1.02. The second-order valence-electron chi connectivity index (χ2n) is 8.32. The van der Waals surface area contributed by atoms with Crippen molar-refractivity contribution in [1.29, 1.82) is 0 Å². The number of likely N-dealkylation sites (N-methyl/N-ethyl adjacent to an activating group) is 1. The summed E-state index contributed by atoms with van der Waals surface area (Å²) in [5.74, 6) is -2.77. The highest BCUT2D eigenvalue weighted by atomic mass is 79.9. The fourth-order valence-electron chi connectivity index (χ4n) is 4.72. The molecule has 1 aromatic carbocycles. The molecule has 0 unspecified atom stereocenters. The zero-order valence-electron chi connectivity index (χ0n) is 18.5. The van der Waals surface area contributed by atoms with E-state index in [4.69, 9.17) is 14.2 Å². The maximum absolute atomic E-state index is 15.1. The number of hydrogen-bond donors (Lipinski definition) is 0. The lowest BCUT2D eigenvalue weighted by molar-refractivity contribution is -0.138. The van der Waals surface area contributed by atoms with Crippen LogP contribution in [0.1, 0.15) is 19.3 Å². The highest BCUT2D eigenvalue weighted by molar-refractivity contribution is 9.10. The molecule has 2 aliphatic rings. The molecule has 0 saturated carbocycles. The fourth-order valence-corrected chi connectivity index (χ4v) is 5.09. The summed E-state index contributed by atoms with van der Waals surface area (Å²) in [6.07, 6.45) is 1.11. The van der Waals surface area contributed by atoms with Crippen LogP contribution in [0.25, 0.3) is 10.9 Å². The summed E-state index contributed by atoms with van der Waals surface area (Å²) in [5, 5.41) is -0.0557. The number of benzene rings is 1. The number of anilines is 1. The van der Waals surface area contributed by atoms with Gasteiger partial charge in [0.15, 0.2) is 17.4 Å². The molecule has 2 aromatic rings. The molecule has 4 rings (SSSR count). The summed E-state index contributed by atoms with van der Waals surface area (Å²) in [7, 11) is 3.98. The van der Waals surface area contributed by atoms with Crippen LogP contribution < -0.4 is 14.4 Å². The largest absolute Gasteiger partial charge is 0.493 e. The van der Waals surface area contributed by atoms with Gasteiger partial charge in [-0.1, -0.05) is 0 Å². The topological polar surface area (TPSA) is 77.0 Å². The van der Waals surface area contributed by atoms with Crippen molar-refractivity contribution < 1.29 is 32.2 Å². The molecule has 8 nitrogen and oxygen atoms in total. The smallest absolute Gasteiger partial charge is 0.325 e. The number of carbonyl (C=O) groups excluding carboxylic acids is 1. The maximum atomic E-state index is 15.1. The Morgan fingerprint density at radius 1 is 1.30 bits per heavy atom. The minimum Gasteiger partial charge on any atom is -0.493 e. The number of fused-ring (bicyclic) bond motifs is 2. The predicted octanol–water partition coefficient (Wildman–Crippen LogP) is 3.24. The van der Waals surface area contributed by atoms with Crippen LogP contribution in [-0.2, 0) is 9.53 Å². The van der Waals surface area contributed by atoms with Crippen molar-refractivity contribution in [2.45, 2.75) is 31.0 Å². The third-order valence-electron chi connectivity index (χ3n) is 6.28. The molecular weight excluding hydrogens is 509 g/mol. The molecule has 2 atom stereocenters. The number of carbonyl (C=O) groups is 1. The first-order valence-electron chi connectivity index (χ1n) is 10.4. The van der Waals surface area contributed by atoms with Gasteiger partial charge in [0.1, 0.15) is 30.7 Å². The van der Waals surface area contributed by atoms with Crippen LogP contribution in [0.3, 0.4) is 0 Å². The molecule has 0 spiro atoms. The maximum Gasteiger partial charge on any atom is 0.325 e. The first kappa shape index (κ1) is 23.8. The predicted molar refractivity (Wildman–Crippen MR) is 118 cm³/mol. The van der Waals surface area contributed by atoms with Gasteiger partial charge in [-0.05, 0) is 35.3 Å². The Balaban J connectivity index is 1.78. The Labute approximate surface area is 197 Å². The Hall–Kier alpha value is -2.34. The molecule has 2 aliphatic heterocycles. The highest BCUT2D eigenvalue weighted by Crippen LogP contribution is 2.42. The average molecular weight is 533 g/mol. The zero-order chi connectivity index (χ0) is 23.9. The first-order chi connectivity index (χ1) is 15.7. The van der Waals surface area contributed by atoms with E-state index in [0.29, 0.717) is 13.0 Å². The number of hydrogen-bond acceptors (Lipinski definition) is 8. The molecule has 0 bridgehead atoms. The van der Waals surface area contributed by atoms with E-state index in [9.17, 15) is 13.6 Å². The highest BCUT2D eigenvalue weighted by Gasteiger charge is 2.49. The SMILES string of the molecule is COC(=O)CN(C)c1nc(OC[C@@]23CCCN2C[C@H](F)C3)nc2c(F)c(Br)c(F)c(OC)c12. The van der Waals surface area contributed by atoms with Gasteiger partial charge in [-0.3, -0.25) is 9.69 Å². The second kappa shape index (κ2) is 9.13. The fraction of sp³-hybridized carbons (Fsp3) is 0.571. The Morgan fingerprint density at radius 2 is 2.06 bits per heavy atom. The van der Waals surface area contributed by atoms with Crippen molar-refractivity contribution >= 4 is 38.6 Å². The van der Waals surface area contributed by atoms with Crippen LogP contribution in [0.4, 0.5) is 19.0 Å². The third-order valence-corrected chi connectivity index (χ3v) is 6.98. The number of ether oxygens (including phenoxy) is 3. The number of esters is 1. The summed E-state index contributed by atoms with van der Waals surface area (Å²) in [6, 6.07) is -0.169. The molecule has 0 N–H and O–H groups in total. The minimum atomic E-state index is -0.965. The lowest BCUT2D eigenvalue weighted by atomic mass is 9.95. The number of methoxy groups -OCH3 is 2. The van der Waals surface area contributed by atoms with Crippen molar-refractivity contribution in [3.63, 3.8) is 0 Å². The van der Waals surface area contributed by atoms with Crippen molar-refractivity contribution in [2.75, 3.05) is 52.4 Å². The second-order valence-corrected chi connectivity index (χ2v) is 9.12. The van der Waals surface area contributed by atoms with Crippen LogP contribution in [0.5, 0.6) is 11.8 Å².